The number of hydrogen-bond acceptors (Lipinski definition) is 9. The number of ether oxygens (including phenoxy) is 2. The number of morpholine rings is 1. The Hall–Kier alpha value is -2.18. The standard InChI is InChI=1S/C27H39ClN6O4S/c1-37-25-20-7-5-6-19(34-12-14-38-15-13-34)16-18(20)10-11-24(25)31-27-29-17-21(28)26(32-27)30-22-8-3-4-9-23(22)33-39(2,35)36/h10-11,17,19,22-23,33H,3-9,12-16H2,1-2H3,(H2,29,30,31,32)/t19?,22-,23-/m1/s1. The number of sulfonamides is 1. The van der Waals surface area contributed by atoms with E-state index in [1.807, 2.05) is 6.07 Å². The van der Waals surface area contributed by atoms with Crippen molar-refractivity contribution in [2.75, 3.05) is 50.3 Å². The molecule has 2 aromatic rings. The predicted octanol–water partition coefficient (Wildman–Crippen LogP) is 3.73. The molecule has 2 aliphatic carbocycles. The summed E-state index contributed by atoms with van der Waals surface area (Å²) in [6.07, 6.45) is 10.5. The lowest BCUT2D eigenvalue weighted by atomic mass is 9.91. The molecule has 3 N–H and O–H groups in total. The lowest BCUT2D eigenvalue weighted by Gasteiger charge is -2.34. The van der Waals surface area contributed by atoms with Crippen LogP contribution in [0.5, 0.6) is 5.75 Å². The first kappa shape index (κ1) is 28.4. The van der Waals surface area contributed by atoms with Gasteiger partial charge in [0, 0.05) is 31.2 Å². The number of hydrogen-bond donors (Lipinski definition) is 3. The maximum absolute atomic E-state index is 11.9. The maximum atomic E-state index is 11.9. The molecule has 2 fully saturated rings. The van der Waals surface area contributed by atoms with Gasteiger partial charge in [-0.2, -0.15) is 4.98 Å². The van der Waals surface area contributed by atoms with E-state index in [-0.39, 0.29) is 12.1 Å². The molecular formula is C27H39ClN6O4S. The summed E-state index contributed by atoms with van der Waals surface area (Å²) in [4.78, 5) is 11.6. The van der Waals surface area contributed by atoms with Crippen LogP contribution < -0.4 is 20.1 Å². The molecule has 5 rings (SSSR count). The number of halogens is 1. The largest absolute Gasteiger partial charge is 0.494 e. The van der Waals surface area contributed by atoms with E-state index in [0.717, 1.165) is 89.1 Å². The summed E-state index contributed by atoms with van der Waals surface area (Å²) >= 11 is 6.46. The minimum Gasteiger partial charge on any atom is -0.494 e. The highest BCUT2D eigenvalue weighted by Gasteiger charge is 2.29. The highest BCUT2D eigenvalue weighted by molar-refractivity contribution is 7.88. The number of rotatable bonds is 8. The van der Waals surface area contributed by atoms with Gasteiger partial charge in [-0.05, 0) is 55.7 Å². The molecule has 2 heterocycles. The minimum atomic E-state index is -3.33. The summed E-state index contributed by atoms with van der Waals surface area (Å²) in [6, 6.07) is 4.42. The van der Waals surface area contributed by atoms with E-state index in [1.165, 1.54) is 17.4 Å². The van der Waals surface area contributed by atoms with Crippen molar-refractivity contribution in [2.45, 2.75) is 69.5 Å². The van der Waals surface area contributed by atoms with Gasteiger partial charge in [0.05, 0.1) is 38.5 Å². The molecule has 1 saturated carbocycles. The van der Waals surface area contributed by atoms with E-state index >= 15 is 0 Å². The SMILES string of the molecule is COc1c(Nc2ncc(Cl)c(N[C@@H]3CCCC[C@H]3NS(C)(=O)=O)n2)ccc2c1CCCC(N1CCOCC1)C2. The van der Waals surface area contributed by atoms with Crippen molar-refractivity contribution in [1.82, 2.24) is 19.6 Å². The van der Waals surface area contributed by atoms with Crippen molar-refractivity contribution in [3.63, 3.8) is 0 Å². The first-order chi connectivity index (χ1) is 18.8. The topological polar surface area (TPSA) is 118 Å². The Bertz CT molecular complexity index is 1260. The third kappa shape index (κ3) is 7.13. The van der Waals surface area contributed by atoms with Crippen molar-refractivity contribution < 1.29 is 17.9 Å². The van der Waals surface area contributed by atoms with Crippen molar-refractivity contribution in [1.29, 1.82) is 0 Å². The van der Waals surface area contributed by atoms with Crippen LogP contribution in [0.25, 0.3) is 0 Å². The zero-order chi connectivity index (χ0) is 27.4. The van der Waals surface area contributed by atoms with E-state index in [2.05, 4.69) is 36.3 Å². The van der Waals surface area contributed by atoms with E-state index in [4.69, 9.17) is 21.1 Å². The number of methoxy groups -OCH3 is 1. The molecular weight excluding hydrogens is 540 g/mol. The smallest absolute Gasteiger partial charge is 0.229 e. The zero-order valence-electron chi connectivity index (χ0n) is 22.7. The molecule has 0 amide bonds. The van der Waals surface area contributed by atoms with Gasteiger partial charge in [-0.3, -0.25) is 4.90 Å². The molecule has 3 atom stereocenters. The van der Waals surface area contributed by atoms with Gasteiger partial charge in [0.1, 0.15) is 10.8 Å². The fourth-order valence-electron chi connectivity index (χ4n) is 6.13. The van der Waals surface area contributed by atoms with Crippen LogP contribution in [0.2, 0.25) is 5.02 Å². The fraction of sp³-hybridized carbons (Fsp3) is 0.630. The number of aromatic nitrogens is 2. The Morgan fingerprint density at radius 3 is 2.62 bits per heavy atom. The monoisotopic (exact) mass is 578 g/mol. The number of nitrogens with zero attached hydrogens (tertiary/aromatic N) is 3. The van der Waals surface area contributed by atoms with Crippen LogP contribution in [-0.2, 0) is 27.6 Å². The van der Waals surface area contributed by atoms with Crippen LogP contribution >= 0.6 is 11.6 Å². The van der Waals surface area contributed by atoms with Gasteiger partial charge in [-0.25, -0.2) is 18.1 Å². The van der Waals surface area contributed by atoms with Crippen LogP contribution in [0.4, 0.5) is 17.5 Å². The first-order valence-corrected chi connectivity index (χ1v) is 16.1. The Labute approximate surface area is 236 Å². The fourth-order valence-corrected chi connectivity index (χ4v) is 7.11. The molecule has 0 bridgehead atoms. The van der Waals surface area contributed by atoms with Gasteiger partial charge in [0.15, 0.2) is 5.82 Å². The van der Waals surface area contributed by atoms with Gasteiger partial charge < -0.3 is 20.1 Å². The summed E-state index contributed by atoms with van der Waals surface area (Å²) < 4.78 is 38.0. The molecule has 1 aromatic carbocycles. The lowest BCUT2D eigenvalue weighted by molar-refractivity contribution is 0.0149. The molecule has 39 heavy (non-hydrogen) atoms. The summed E-state index contributed by atoms with van der Waals surface area (Å²) in [7, 11) is -1.62. The van der Waals surface area contributed by atoms with E-state index in [9.17, 15) is 8.42 Å². The van der Waals surface area contributed by atoms with Gasteiger partial charge in [-0.1, -0.05) is 30.5 Å². The third-order valence-corrected chi connectivity index (χ3v) is 8.99. The Kier molecular flexibility index (Phi) is 9.13. The van der Waals surface area contributed by atoms with E-state index < -0.39 is 10.0 Å². The third-order valence-electron chi connectivity index (χ3n) is 7.99. The average Bonchev–Trinajstić information content (AvgIpc) is 3.14. The van der Waals surface area contributed by atoms with Crippen LogP contribution in [-0.4, -0.2) is 81.1 Å². The highest BCUT2D eigenvalue weighted by atomic mass is 35.5. The van der Waals surface area contributed by atoms with Crippen molar-refractivity contribution in [3.8, 4) is 5.75 Å². The van der Waals surface area contributed by atoms with Gasteiger partial charge in [-0.15, -0.1) is 0 Å². The molecule has 3 aliphatic rings. The Morgan fingerprint density at radius 2 is 1.87 bits per heavy atom. The number of benzene rings is 1. The van der Waals surface area contributed by atoms with Gasteiger partial charge in [0.2, 0.25) is 16.0 Å². The second-order valence-corrected chi connectivity index (χ2v) is 12.9. The van der Waals surface area contributed by atoms with Crippen LogP contribution in [0.1, 0.15) is 49.7 Å². The molecule has 0 radical (unpaired) electrons. The van der Waals surface area contributed by atoms with Crippen molar-refractivity contribution in [2.24, 2.45) is 0 Å². The second kappa shape index (κ2) is 12.6. The van der Waals surface area contributed by atoms with Crippen LogP contribution in [0, 0.1) is 0 Å². The molecule has 214 valence electrons. The van der Waals surface area contributed by atoms with E-state index in [1.54, 1.807) is 13.3 Å². The molecule has 1 unspecified atom stereocenters. The normalized spacial score (nSPS) is 24.4. The van der Waals surface area contributed by atoms with Crippen LogP contribution in [0.3, 0.4) is 0 Å². The summed E-state index contributed by atoms with van der Waals surface area (Å²) in [5, 5.41) is 7.10. The molecule has 12 heteroatoms. The Morgan fingerprint density at radius 1 is 1.10 bits per heavy atom. The molecule has 1 aromatic heterocycles. The Balaban J connectivity index is 1.34. The van der Waals surface area contributed by atoms with Crippen molar-refractivity contribution >= 4 is 39.1 Å². The summed E-state index contributed by atoms with van der Waals surface area (Å²) in [5.41, 5.74) is 3.37. The van der Waals surface area contributed by atoms with E-state index in [0.29, 0.717) is 22.8 Å². The summed E-state index contributed by atoms with van der Waals surface area (Å²) in [6.45, 7) is 3.60. The molecule has 1 aliphatic heterocycles. The number of anilines is 3. The average molecular weight is 579 g/mol. The maximum Gasteiger partial charge on any atom is 0.229 e. The minimum absolute atomic E-state index is 0.116. The van der Waals surface area contributed by atoms with Gasteiger partial charge in [0.25, 0.3) is 0 Å². The van der Waals surface area contributed by atoms with Crippen molar-refractivity contribution in [3.05, 3.63) is 34.5 Å². The zero-order valence-corrected chi connectivity index (χ0v) is 24.3. The quantitative estimate of drug-likeness (QED) is 0.403. The number of nitrogens with one attached hydrogen (secondary N) is 3. The van der Waals surface area contributed by atoms with Gasteiger partial charge >= 0.3 is 0 Å². The molecule has 1 saturated heterocycles. The molecule has 0 spiro atoms. The predicted molar refractivity (Wildman–Crippen MR) is 154 cm³/mol. The highest BCUT2D eigenvalue weighted by Crippen LogP contribution is 2.38. The van der Waals surface area contributed by atoms with Crippen LogP contribution in [0.15, 0.2) is 18.3 Å². The first-order valence-electron chi connectivity index (χ1n) is 13.8. The summed E-state index contributed by atoms with van der Waals surface area (Å²) in [5.74, 6) is 1.69. The lowest BCUT2D eigenvalue weighted by Crippen LogP contribution is -2.48. The second-order valence-electron chi connectivity index (χ2n) is 10.7. The molecule has 10 nitrogen and oxygen atoms in total. The number of fused-ring (bicyclic) bond motifs is 1.